The summed E-state index contributed by atoms with van der Waals surface area (Å²) in [5.74, 6) is -1.87. The number of rotatable bonds is 4. The Hall–Kier alpha value is -2.41. The van der Waals surface area contributed by atoms with Crippen molar-refractivity contribution in [3.05, 3.63) is 35.3 Å². The highest BCUT2D eigenvalue weighted by atomic mass is 16.4. The molecule has 0 saturated carbocycles. The number of hydrogen-bond acceptors (Lipinski definition) is 4. The number of aliphatic hydroxyl groups is 1. The lowest BCUT2D eigenvalue weighted by atomic mass is 10.2. The minimum atomic E-state index is -1.34. The zero-order valence-electron chi connectivity index (χ0n) is 11.1. The van der Waals surface area contributed by atoms with Crippen LogP contribution in [-0.2, 0) is 4.79 Å². The van der Waals surface area contributed by atoms with Gasteiger partial charge < -0.3 is 15.5 Å². The molecule has 2 rings (SSSR count). The zero-order valence-corrected chi connectivity index (χ0v) is 11.1. The Bertz CT molecular complexity index is 678. The second kappa shape index (κ2) is 5.30. The van der Waals surface area contributed by atoms with E-state index in [1.54, 1.807) is 17.5 Å². The van der Waals surface area contributed by atoms with Gasteiger partial charge in [0.05, 0.1) is 12.3 Å². The summed E-state index contributed by atoms with van der Waals surface area (Å²) in [4.78, 5) is 27.2. The van der Waals surface area contributed by atoms with Gasteiger partial charge in [0.2, 0.25) is 0 Å². The summed E-state index contributed by atoms with van der Waals surface area (Å²) in [6.07, 6.45) is 1.70. The summed E-state index contributed by atoms with van der Waals surface area (Å²) >= 11 is 0. The van der Waals surface area contributed by atoms with Crippen LogP contribution in [0.2, 0.25) is 0 Å². The lowest BCUT2D eigenvalue weighted by molar-refractivity contribution is -0.140. The number of carbonyl (C=O) groups excluding carboxylic acids is 1. The maximum Gasteiger partial charge on any atom is 0.328 e. The molecule has 0 spiro atoms. The minimum Gasteiger partial charge on any atom is -0.480 e. The first-order chi connectivity index (χ1) is 9.43. The van der Waals surface area contributed by atoms with E-state index in [9.17, 15) is 9.59 Å². The van der Waals surface area contributed by atoms with E-state index in [1.165, 1.54) is 0 Å². The molecule has 0 saturated heterocycles. The summed E-state index contributed by atoms with van der Waals surface area (Å²) < 4.78 is 1.59. The fourth-order valence-corrected chi connectivity index (χ4v) is 1.95. The fraction of sp³-hybridized carbons (Fsp3) is 0.308. The number of amides is 1. The molecule has 0 fully saturated rings. The van der Waals surface area contributed by atoms with Gasteiger partial charge in [0.25, 0.3) is 5.91 Å². The first-order valence-electron chi connectivity index (χ1n) is 6.04. The average molecular weight is 277 g/mol. The summed E-state index contributed by atoms with van der Waals surface area (Å²) in [6, 6.07) is 2.31. The largest absolute Gasteiger partial charge is 0.480 e. The molecular weight excluding hydrogens is 262 g/mol. The predicted octanol–water partition coefficient (Wildman–Crippen LogP) is 0.126. The van der Waals surface area contributed by atoms with Gasteiger partial charge in [-0.15, -0.1) is 0 Å². The molecule has 106 valence electrons. The van der Waals surface area contributed by atoms with E-state index in [-0.39, 0.29) is 5.69 Å². The van der Waals surface area contributed by atoms with Crippen molar-refractivity contribution in [3.63, 3.8) is 0 Å². The molecule has 1 atom stereocenters. The van der Waals surface area contributed by atoms with Crippen molar-refractivity contribution >= 4 is 17.5 Å². The molecule has 0 aliphatic carbocycles. The quantitative estimate of drug-likeness (QED) is 0.736. The summed E-state index contributed by atoms with van der Waals surface area (Å²) in [6.45, 7) is 2.91. The van der Waals surface area contributed by atoms with Gasteiger partial charge >= 0.3 is 5.97 Å². The van der Waals surface area contributed by atoms with Crippen molar-refractivity contribution in [1.82, 2.24) is 14.7 Å². The highest BCUT2D eigenvalue weighted by molar-refractivity contribution is 5.97. The molecule has 0 aromatic carbocycles. The highest BCUT2D eigenvalue weighted by Crippen LogP contribution is 2.13. The summed E-state index contributed by atoms with van der Waals surface area (Å²) in [7, 11) is 0. The molecule has 1 unspecified atom stereocenters. The lowest BCUT2D eigenvalue weighted by Gasteiger charge is -2.11. The molecule has 20 heavy (non-hydrogen) atoms. The molecule has 1 amide bonds. The third kappa shape index (κ3) is 2.48. The molecule has 7 nitrogen and oxygen atoms in total. The molecule has 0 aliphatic heterocycles. The van der Waals surface area contributed by atoms with Crippen LogP contribution in [0, 0.1) is 13.8 Å². The Morgan fingerprint density at radius 3 is 2.75 bits per heavy atom. The predicted molar refractivity (Wildman–Crippen MR) is 70.6 cm³/mol. The van der Waals surface area contributed by atoms with Gasteiger partial charge in [-0.25, -0.2) is 9.78 Å². The number of aromatic nitrogens is 2. The SMILES string of the molecule is Cc1ccn2c(C(=O)NC(CO)C(=O)O)c(C)nc2c1. The molecule has 0 aliphatic rings. The molecule has 7 heteroatoms. The number of imidazole rings is 1. The maximum absolute atomic E-state index is 12.2. The molecule has 2 heterocycles. The summed E-state index contributed by atoms with van der Waals surface area (Å²) in [5, 5.41) is 20.1. The lowest BCUT2D eigenvalue weighted by Crippen LogP contribution is -2.43. The fourth-order valence-electron chi connectivity index (χ4n) is 1.95. The highest BCUT2D eigenvalue weighted by Gasteiger charge is 2.23. The van der Waals surface area contributed by atoms with Gasteiger partial charge in [0.15, 0.2) is 6.04 Å². The van der Waals surface area contributed by atoms with Crippen molar-refractivity contribution in [1.29, 1.82) is 0 Å². The Balaban J connectivity index is 2.39. The molecule has 3 N–H and O–H groups in total. The van der Waals surface area contributed by atoms with E-state index in [4.69, 9.17) is 10.2 Å². The second-order valence-electron chi connectivity index (χ2n) is 4.52. The maximum atomic E-state index is 12.2. The van der Waals surface area contributed by atoms with Crippen LogP contribution in [0.1, 0.15) is 21.7 Å². The Morgan fingerprint density at radius 1 is 1.45 bits per heavy atom. The van der Waals surface area contributed by atoms with Gasteiger partial charge in [-0.2, -0.15) is 0 Å². The van der Waals surface area contributed by atoms with E-state index < -0.39 is 24.5 Å². The molecule has 0 bridgehead atoms. The van der Waals surface area contributed by atoms with Crippen molar-refractivity contribution in [2.75, 3.05) is 6.61 Å². The van der Waals surface area contributed by atoms with Crippen LogP contribution in [0.4, 0.5) is 0 Å². The van der Waals surface area contributed by atoms with Crippen LogP contribution in [0.25, 0.3) is 5.65 Å². The molecule has 2 aromatic rings. The van der Waals surface area contributed by atoms with E-state index in [0.717, 1.165) is 5.56 Å². The van der Waals surface area contributed by atoms with Crippen molar-refractivity contribution in [2.45, 2.75) is 19.9 Å². The Kier molecular flexibility index (Phi) is 3.71. The first kappa shape index (κ1) is 14.0. The van der Waals surface area contributed by atoms with Gasteiger partial charge in [-0.05, 0) is 31.5 Å². The number of aryl methyl sites for hydroxylation is 2. The normalized spacial score (nSPS) is 12.3. The molecule has 2 aromatic heterocycles. The third-order valence-electron chi connectivity index (χ3n) is 2.96. The van der Waals surface area contributed by atoms with Gasteiger partial charge in [-0.3, -0.25) is 9.20 Å². The number of carbonyl (C=O) groups is 2. The number of aliphatic carboxylic acids is 1. The molecule has 0 radical (unpaired) electrons. The zero-order chi connectivity index (χ0) is 14.9. The topological polar surface area (TPSA) is 104 Å². The minimum absolute atomic E-state index is 0.264. The van der Waals surface area contributed by atoms with Crippen LogP contribution in [-0.4, -0.2) is 44.1 Å². The average Bonchev–Trinajstić information content (AvgIpc) is 2.70. The van der Waals surface area contributed by atoms with Crippen molar-refractivity contribution in [3.8, 4) is 0 Å². The monoisotopic (exact) mass is 277 g/mol. The van der Waals surface area contributed by atoms with Crippen LogP contribution in [0.3, 0.4) is 0 Å². The third-order valence-corrected chi connectivity index (χ3v) is 2.96. The Morgan fingerprint density at radius 2 is 2.15 bits per heavy atom. The number of pyridine rings is 1. The van der Waals surface area contributed by atoms with Crippen LogP contribution < -0.4 is 5.32 Å². The van der Waals surface area contributed by atoms with Gasteiger partial charge in [0.1, 0.15) is 11.3 Å². The molecular formula is C13H15N3O4. The van der Waals surface area contributed by atoms with E-state index in [0.29, 0.717) is 11.3 Å². The van der Waals surface area contributed by atoms with Gasteiger partial charge in [0, 0.05) is 6.20 Å². The number of fused-ring (bicyclic) bond motifs is 1. The summed E-state index contributed by atoms with van der Waals surface area (Å²) in [5.41, 5.74) is 2.38. The first-order valence-corrected chi connectivity index (χ1v) is 6.04. The van der Waals surface area contributed by atoms with E-state index in [1.807, 2.05) is 19.1 Å². The van der Waals surface area contributed by atoms with Crippen molar-refractivity contribution in [2.24, 2.45) is 0 Å². The van der Waals surface area contributed by atoms with Gasteiger partial charge in [-0.1, -0.05) is 0 Å². The van der Waals surface area contributed by atoms with Crippen LogP contribution >= 0.6 is 0 Å². The smallest absolute Gasteiger partial charge is 0.328 e. The van der Waals surface area contributed by atoms with E-state index in [2.05, 4.69) is 10.3 Å². The number of hydrogen-bond donors (Lipinski definition) is 3. The van der Waals surface area contributed by atoms with E-state index >= 15 is 0 Å². The number of carboxylic acids is 1. The van der Waals surface area contributed by atoms with Crippen molar-refractivity contribution < 1.29 is 19.8 Å². The Labute approximate surface area is 114 Å². The number of aliphatic hydroxyl groups excluding tert-OH is 1. The number of carboxylic acid groups (broad SMARTS) is 1. The van der Waals surface area contributed by atoms with Crippen LogP contribution in [0.5, 0.6) is 0 Å². The number of nitrogens with one attached hydrogen (secondary N) is 1. The standard InChI is InChI=1S/C13H15N3O4/c1-7-3-4-16-10(5-7)14-8(2)11(16)12(18)15-9(6-17)13(19)20/h3-5,9,17H,6H2,1-2H3,(H,15,18)(H,19,20). The second-order valence-corrected chi connectivity index (χ2v) is 4.52. The van der Waals surface area contributed by atoms with Crippen LogP contribution in [0.15, 0.2) is 18.3 Å². The number of nitrogens with zero attached hydrogens (tertiary/aromatic N) is 2.